The van der Waals surface area contributed by atoms with E-state index in [9.17, 15) is 8.42 Å². The summed E-state index contributed by atoms with van der Waals surface area (Å²) in [6.07, 6.45) is 4.27. The van der Waals surface area contributed by atoms with Crippen LogP contribution in [-0.4, -0.2) is 25.2 Å². The van der Waals surface area contributed by atoms with E-state index in [1.54, 1.807) is 18.2 Å². The van der Waals surface area contributed by atoms with Crippen molar-refractivity contribution in [2.45, 2.75) is 43.0 Å². The summed E-state index contributed by atoms with van der Waals surface area (Å²) in [6, 6.07) is 4.99. The third-order valence-corrected chi connectivity index (χ3v) is 5.55. The van der Waals surface area contributed by atoms with Gasteiger partial charge in [0.2, 0.25) is 21.8 Å². The number of hydrogen-bond acceptors (Lipinski definition) is 6. The number of fused-ring (bicyclic) bond motifs is 1. The van der Waals surface area contributed by atoms with E-state index in [2.05, 4.69) is 15.1 Å². The van der Waals surface area contributed by atoms with Crippen molar-refractivity contribution in [3.63, 3.8) is 0 Å². The van der Waals surface area contributed by atoms with Gasteiger partial charge in [-0.2, -0.15) is 0 Å². The van der Waals surface area contributed by atoms with E-state index in [0.717, 1.165) is 42.9 Å². The van der Waals surface area contributed by atoms with Gasteiger partial charge < -0.3 is 9.32 Å². The quantitative estimate of drug-likeness (QED) is 0.910. The number of hydrogen-bond donors (Lipinski definition) is 1. The topological polar surface area (TPSA) is 102 Å². The number of nitrogens with zero attached hydrogens (tertiary/aromatic N) is 3. The molecule has 23 heavy (non-hydrogen) atoms. The van der Waals surface area contributed by atoms with E-state index < -0.39 is 10.0 Å². The van der Waals surface area contributed by atoms with Gasteiger partial charge in [0, 0.05) is 18.2 Å². The van der Waals surface area contributed by atoms with Gasteiger partial charge in [0.25, 0.3) is 0 Å². The fraction of sp³-hybridized carbons (Fsp3) is 0.467. The van der Waals surface area contributed by atoms with E-state index in [-0.39, 0.29) is 4.90 Å². The molecule has 0 radical (unpaired) electrons. The molecule has 0 spiro atoms. The minimum atomic E-state index is -3.66. The summed E-state index contributed by atoms with van der Waals surface area (Å²) < 4.78 is 28.6. The maximum absolute atomic E-state index is 11.4. The van der Waals surface area contributed by atoms with Gasteiger partial charge in [0.05, 0.1) is 11.4 Å². The van der Waals surface area contributed by atoms with Gasteiger partial charge in [0.1, 0.15) is 0 Å². The first-order valence-corrected chi connectivity index (χ1v) is 9.28. The predicted octanol–water partition coefficient (Wildman–Crippen LogP) is 1.55. The van der Waals surface area contributed by atoms with Crippen LogP contribution in [0.15, 0.2) is 27.5 Å². The largest absolute Gasteiger partial charge is 0.423 e. The summed E-state index contributed by atoms with van der Waals surface area (Å²) in [5.41, 5.74) is 1.98. The summed E-state index contributed by atoms with van der Waals surface area (Å²) >= 11 is 0. The zero-order chi connectivity index (χ0) is 16.0. The minimum Gasteiger partial charge on any atom is -0.423 e. The zero-order valence-electron chi connectivity index (χ0n) is 12.6. The van der Waals surface area contributed by atoms with Crippen LogP contribution in [0.3, 0.4) is 0 Å². The van der Waals surface area contributed by atoms with Crippen molar-refractivity contribution < 1.29 is 12.8 Å². The Morgan fingerprint density at radius 1 is 1.30 bits per heavy atom. The molecule has 2 heterocycles. The molecule has 2 N–H and O–H groups in total. The van der Waals surface area contributed by atoms with Crippen LogP contribution >= 0.6 is 0 Å². The lowest BCUT2D eigenvalue weighted by molar-refractivity contribution is 0.324. The Hall–Kier alpha value is -1.93. The number of rotatable bonds is 4. The summed E-state index contributed by atoms with van der Waals surface area (Å²) in [4.78, 5) is 2.28. The van der Waals surface area contributed by atoms with E-state index in [1.165, 1.54) is 6.42 Å². The Kier molecular flexibility index (Phi) is 3.38. The van der Waals surface area contributed by atoms with Crippen LogP contribution in [0.2, 0.25) is 0 Å². The Labute approximate surface area is 134 Å². The molecule has 0 amide bonds. The molecule has 0 unspecified atom stereocenters. The van der Waals surface area contributed by atoms with Gasteiger partial charge in [0.15, 0.2) is 0 Å². The lowest BCUT2D eigenvalue weighted by atomic mass is 9.85. The Morgan fingerprint density at radius 3 is 2.83 bits per heavy atom. The monoisotopic (exact) mass is 334 g/mol. The van der Waals surface area contributed by atoms with Crippen LogP contribution in [0.4, 0.5) is 5.69 Å². The molecule has 8 heteroatoms. The first-order valence-electron chi connectivity index (χ1n) is 7.73. The maximum Gasteiger partial charge on any atom is 0.238 e. The van der Waals surface area contributed by atoms with Crippen molar-refractivity contribution in [2.24, 2.45) is 5.14 Å². The second-order valence-electron chi connectivity index (χ2n) is 6.17. The smallest absolute Gasteiger partial charge is 0.238 e. The Balaban J connectivity index is 1.53. The molecule has 0 bridgehead atoms. The number of nitrogens with two attached hydrogens (primary N) is 1. The standard InChI is InChI=1S/C15H18N4O3S/c16-23(20,21)12-4-5-13-11(8-12)6-7-19(13)9-14-17-18-15(22-14)10-2-1-3-10/h4-5,8,10H,1-3,6-7,9H2,(H2,16,20,21). The molecule has 4 rings (SSSR count). The third kappa shape index (κ3) is 2.72. The zero-order valence-corrected chi connectivity index (χ0v) is 13.4. The number of benzene rings is 1. The highest BCUT2D eigenvalue weighted by Gasteiger charge is 2.27. The summed E-state index contributed by atoms with van der Waals surface area (Å²) in [7, 11) is -3.66. The van der Waals surface area contributed by atoms with Crippen LogP contribution in [0, 0.1) is 0 Å². The highest BCUT2D eigenvalue weighted by Crippen LogP contribution is 2.36. The second kappa shape index (κ2) is 5.31. The van der Waals surface area contributed by atoms with Crippen LogP contribution < -0.4 is 10.0 Å². The van der Waals surface area contributed by atoms with Gasteiger partial charge in [-0.25, -0.2) is 13.6 Å². The van der Waals surface area contributed by atoms with Gasteiger partial charge >= 0.3 is 0 Å². The average Bonchev–Trinajstić information content (AvgIpc) is 3.04. The van der Waals surface area contributed by atoms with Crippen molar-refractivity contribution in [1.82, 2.24) is 10.2 Å². The van der Waals surface area contributed by atoms with Crippen molar-refractivity contribution >= 4 is 15.7 Å². The molecule has 0 atom stereocenters. The van der Waals surface area contributed by atoms with E-state index in [1.807, 2.05) is 0 Å². The predicted molar refractivity (Wildman–Crippen MR) is 83.5 cm³/mol. The van der Waals surface area contributed by atoms with Crippen LogP contribution in [0.1, 0.15) is 42.5 Å². The van der Waals surface area contributed by atoms with Crippen LogP contribution in [0.25, 0.3) is 0 Å². The van der Waals surface area contributed by atoms with E-state index in [4.69, 9.17) is 9.56 Å². The van der Waals surface area contributed by atoms with Crippen LogP contribution in [-0.2, 0) is 23.0 Å². The van der Waals surface area contributed by atoms with Crippen molar-refractivity contribution in [2.75, 3.05) is 11.4 Å². The number of aromatic nitrogens is 2. The molecule has 1 fully saturated rings. The molecular weight excluding hydrogens is 316 g/mol. The second-order valence-corrected chi connectivity index (χ2v) is 7.73. The maximum atomic E-state index is 11.4. The third-order valence-electron chi connectivity index (χ3n) is 4.63. The molecule has 1 saturated carbocycles. The first kappa shape index (κ1) is 14.6. The first-order chi connectivity index (χ1) is 11.0. The molecule has 1 aliphatic heterocycles. The van der Waals surface area contributed by atoms with Crippen molar-refractivity contribution in [1.29, 1.82) is 0 Å². The van der Waals surface area contributed by atoms with E-state index in [0.29, 0.717) is 18.4 Å². The van der Waals surface area contributed by atoms with E-state index >= 15 is 0 Å². The molecule has 2 aromatic rings. The molecule has 7 nitrogen and oxygen atoms in total. The molecule has 1 aromatic heterocycles. The fourth-order valence-electron chi connectivity index (χ4n) is 3.10. The number of primary sulfonamides is 1. The lowest BCUT2D eigenvalue weighted by Crippen LogP contribution is -2.20. The number of anilines is 1. The molecular formula is C15H18N4O3S. The van der Waals surface area contributed by atoms with Crippen molar-refractivity contribution in [3.05, 3.63) is 35.5 Å². The molecule has 0 saturated heterocycles. The van der Waals surface area contributed by atoms with Crippen LogP contribution in [0.5, 0.6) is 0 Å². The minimum absolute atomic E-state index is 0.156. The summed E-state index contributed by atoms with van der Waals surface area (Å²) in [5.74, 6) is 1.78. The number of sulfonamides is 1. The highest BCUT2D eigenvalue weighted by molar-refractivity contribution is 7.89. The molecule has 2 aliphatic rings. The van der Waals surface area contributed by atoms with Gasteiger partial charge in [-0.15, -0.1) is 10.2 Å². The van der Waals surface area contributed by atoms with Gasteiger partial charge in [-0.1, -0.05) is 6.42 Å². The Bertz CT molecular complexity index is 842. The normalized spacial score (nSPS) is 18.0. The summed E-state index contributed by atoms with van der Waals surface area (Å²) in [6.45, 7) is 1.34. The fourth-order valence-corrected chi connectivity index (χ4v) is 3.67. The molecule has 122 valence electrons. The Morgan fingerprint density at radius 2 is 2.13 bits per heavy atom. The van der Waals surface area contributed by atoms with Gasteiger partial charge in [-0.3, -0.25) is 0 Å². The highest BCUT2D eigenvalue weighted by atomic mass is 32.2. The SMILES string of the molecule is NS(=O)(=O)c1ccc2c(c1)CCN2Cc1nnc(C2CCC2)o1. The molecule has 1 aromatic carbocycles. The van der Waals surface area contributed by atoms with Crippen molar-refractivity contribution in [3.8, 4) is 0 Å². The molecule has 1 aliphatic carbocycles. The summed E-state index contributed by atoms with van der Waals surface area (Å²) in [5, 5.41) is 13.5. The lowest BCUT2D eigenvalue weighted by Gasteiger charge is -2.21. The average molecular weight is 334 g/mol. The van der Waals surface area contributed by atoms with Gasteiger partial charge in [-0.05, 0) is 43.0 Å².